The van der Waals surface area contributed by atoms with E-state index in [1.54, 1.807) is 7.11 Å². The van der Waals surface area contributed by atoms with Crippen molar-refractivity contribution in [1.29, 1.82) is 0 Å². The molecule has 9 nitrogen and oxygen atoms in total. The van der Waals surface area contributed by atoms with Crippen LogP contribution in [0.3, 0.4) is 0 Å². The zero-order chi connectivity index (χ0) is 24.8. The minimum Gasteiger partial charge on any atom is -0.452 e. The van der Waals surface area contributed by atoms with E-state index in [-0.39, 0.29) is 23.2 Å². The van der Waals surface area contributed by atoms with Gasteiger partial charge in [-0.3, -0.25) is 19.3 Å². The fraction of sp³-hybridized carbons (Fsp3) is 0.385. The summed E-state index contributed by atoms with van der Waals surface area (Å²) in [6.07, 6.45) is 4.15. The molecule has 0 aromatic heterocycles. The van der Waals surface area contributed by atoms with E-state index in [0.29, 0.717) is 18.7 Å². The molecule has 1 N–H and O–H groups in total. The number of esters is 1. The summed E-state index contributed by atoms with van der Waals surface area (Å²) in [5.74, 6) is -2.07. The van der Waals surface area contributed by atoms with Gasteiger partial charge in [0.05, 0.1) is 16.7 Å². The minimum atomic E-state index is -0.749. The van der Waals surface area contributed by atoms with Gasteiger partial charge in [-0.2, -0.15) is 0 Å². The van der Waals surface area contributed by atoms with Crippen LogP contribution in [-0.4, -0.2) is 68.5 Å². The lowest BCUT2D eigenvalue weighted by Crippen LogP contribution is -2.31. The Labute approximate surface area is 204 Å². The van der Waals surface area contributed by atoms with Gasteiger partial charge in [-0.1, -0.05) is 0 Å². The second kappa shape index (κ2) is 11.1. The first kappa shape index (κ1) is 24.4. The lowest BCUT2D eigenvalue weighted by Gasteiger charge is -2.28. The molecule has 0 unspecified atom stereocenters. The molecule has 2 aromatic rings. The molecule has 2 aliphatic rings. The first-order valence-corrected chi connectivity index (χ1v) is 11.8. The maximum absolute atomic E-state index is 12.6. The monoisotopic (exact) mass is 479 g/mol. The van der Waals surface area contributed by atoms with E-state index in [9.17, 15) is 19.2 Å². The van der Waals surface area contributed by atoms with Gasteiger partial charge >= 0.3 is 5.97 Å². The highest BCUT2D eigenvalue weighted by Gasteiger charge is 2.35. The summed E-state index contributed by atoms with van der Waals surface area (Å²) in [4.78, 5) is 53.3. The Hall–Kier alpha value is -3.72. The van der Waals surface area contributed by atoms with Crippen molar-refractivity contribution in [2.24, 2.45) is 0 Å². The van der Waals surface area contributed by atoms with E-state index in [1.165, 1.54) is 37.5 Å². The number of piperidine rings is 1. The van der Waals surface area contributed by atoms with Crippen LogP contribution in [0.5, 0.6) is 0 Å². The first-order chi connectivity index (χ1) is 17.0. The van der Waals surface area contributed by atoms with Gasteiger partial charge in [0.25, 0.3) is 17.7 Å². The molecule has 0 saturated carbocycles. The number of nitrogens with one attached hydrogen (secondary N) is 1. The van der Waals surface area contributed by atoms with Crippen LogP contribution in [-0.2, 0) is 14.3 Å². The van der Waals surface area contributed by atoms with Crippen molar-refractivity contribution in [3.05, 3.63) is 59.2 Å². The van der Waals surface area contributed by atoms with Gasteiger partial charge in [-0.25, -0.2) is 4.79 Å². The molecule has 0 atom stereocenters. The Bertz CT molecular complexity index is 1110. The van der Waals surface area contributed by atoms with Crippen molar-refractivity contribution in [3.63, 3.8) is 0 Å². The van der Waals surface area contributed by atoms with Crippen LogP contribution in [0.4, 0.5) is 11.4 Å². The quantitative estimate of drug-likeness (QED) is 0.335. The summed E-state index contributed by atoms with van der Waals surface area (Å²) in [6, 6.07) is 11.8. The minimum absolute atomic E-state index is 0.0994. The molecule has 9 heteroatoms. The fourth-order valence-corrected chi connectivity index (χ4v) is 4.31. The van der Waals surface area contributed by atoms with E-state index < -0.39 is 30.3 Å². The van der Waals surface area contributed by atoms with Gasteiger partial charge in [0.15, 0.2) is 6.61 Å². The number of hydrogen-bond acceptors (Lipinski definition) is 7. The van der Waals surface area contributed by atoms with Crippen molar-refractivity contribution in [3.8, 4) is 0 Å². The Morgan fingerprint density at radius 2 is 1.66 bits per heavy atom. The number of carbonyl (C=O) groups excluding carboxylic acids is 4. The molecule has 3 amide bonds. The van der Waals surface area contributed by atoms with Crippen molar-refractivity contribution in [2.45, 2.75) is 25.7 Å². The summed E-state index contributed by atoms with van der Waals surface area (Å²) in [6.45, 7) is 2.26. The van der Waals surface area contributed by atoms with Crippen LogP contribution in [0, 0.1) is 0 Å². The summed E-state index contributed by atoms with van der Waals surface area (Å²) in [5, 5.41) is 2.71. The molecular formula is C26H29N3O6. The highest BCUT2D eigenvalue weighted by molar-refractivity contribution is 6.22. The number of nitrogens with zero attached hydrogens (tertiary/aromatic N) is 2. The van der Waals surface area contributed by atoms with Crippen LogP contribution < -0.4 is 10.2 Å². The molecule has 2 aliphatic heterocycles. The van der Waals surface area contributed by atoms with Crippen LogP contribution >= 0.6 is 0 Å². The van der Waals surface area contributed by atoms with Crippen LogP contribution in [0.2, 0.25) is 0 Å². The van der Waals surface area contributed by atoms with Gasteiger partial charge < -0.3 is 19.7 Å². The van der Waals surface area contributed by atoms with Gasteiger partial charge in [0.1, 0.15) is 0 Å². The third-order valence-corrected chi connectivity index (χ3v) is 6.14. The average molecular weight is 480 g/mol. The Morgan fingerprint density at radius 1 is 0.943 bits per heavy atom. The van der Waals surface area contributed by atoms with Gasteiger partial charge in [-0.15, -0.1) is 0 Å². The van der Waals surface area contributed by atoms with E-state index in [0.717, 1.165) is 23.7 Å². The van der Waals surface area contributed by atoms with E-state index in [2.05, 4.69) is 10.2 Å². The number of methoxy groups -OCH3 is 1. The second-order valence-corrected chi connectivity index (χ2v) is 8.59. The van der Waals surface area contributed by atoms with Gasteiger partial charge in [0.2, 0.25) is 0 Å². The highest BCUT2D eigenvalue weighted by atomic mass is 16.5. The second-order valence-electron chi connectivity index (χ2n) is 8.59. The molecule has 184 valence electrons. The number of anilines is 2. The average Bonchev–Trinajstić information content (AvgIpc) is 3.12. The number of hydrogen-bond donors (Lipinski definition) is 1. The largest absolute Gasteiger partial charge is 0.452 e. The molecule has 35 heavy (non-hydrogen) atoms. The zero-order valence-corrected chi connectivity index (χ0v) is 19.7. The molecule has 2 heterocycles. The molecule has 0 spiro atoms. The van der Waals surface area contributed by atoms with Crippen LogP contribution in [0.15, 0.2) is 42.5 Å². The Morgan fingerprint density at radius 3 is 2.37 bits per heavy atom. The SMILES string of the molecule is COCCCN1C(=O)c2ccc(C(=O)OCC(=O)Nc3ccc(N4CCCCC4)cc3)cc2C1=O. The fourth-order valence-electron chi connectivity index (χ4n) is 4.31. The number of amides is 3. The van der Waals surface area contributed by atoms with Crippen LogP contribution in [0.1, 0.15) is 56.8 Å². The number of rotatable bonds is 9. The number of imide groups is 1. The smallest absolute Gasteiger partial charge is 0.338 e. The van der Waals surface area contributed by atoms with Gasteiger partial charge in [-0.05, 0) is 68.1 Å². The standard InChI is InChI=1S/C26H29N3O6/c1-34-15-5-14-29-24(31)21-11-6-18(16-22(21)25(29)32)26(33)35-17-23(30)27-19-7-9-20(10-8-19)28-12-3-2-4-13-28/h6-11,16H,2-5,12-15,17H2,1H3,(H,27,30). The number of fused-ring (bicyclic) bond motifs is 1. The first-order valence-electron chi connectivity index (χ1n) is 11.8. The lowest BCUT2D eigenvalue weighted by atomic mass is 10.1. The molecule has 1 saturated heterocycles. The Balaban J connectivity index is 1.30. The van der Waals surface area contributed by atoms with E-state index >= 15 is 0 Å². The number of carbonyl (C=O) groups is 4. The van der Waals surface area contributed by atoms with E-state index in [4.69, 9.17) is 9.47 Å². The molecule has 0 radical (unpaired) electrons. The number of ether oxygens (including phenoxy) is 2. The van der Waals surface area contributed by atoms with Crippen molar-refractivity contribution in [2.75, 3.05) is 50.2 Å². The van der Waals surface area contributed by atoms with E-state index in [1.807, 2.05) is 24.3 Å². The van der Waals surface area contributed by atoms with Crippen molar-refractivity contribution in [1.82, 2.24) is 4.90 Å². The number of benzene rings is 2. The molecule has 2 aromatic carbocycles. The highest BCUT2D eigenvalue weighted by Crippen LogP contribution is 2.25. The predicted molar refractivity (Wildman–Crippen MR) is 130 cm³/mol. The molecule has 1 fully saturated rings. The summed E-state index contributed by atoms with van der Waals surface area (Å²) in [5.41, 5.74) is 2.23. The third kappa shape index (κ3) is 5.68. The maximum Gasteiger partial charge on any atom is 0.338 e. The maximum atomic E-state index is 12.6. The van der Waals surface area contributed by atoms with Crippen LogP contribution in [0.25, 0.3) is 0 Å². The molecule has 0 aliphatic carbocycles. The lowest BCUT2D eigenvalue weighted by molar-refractivity contribution is -0.119. The topological polar surface area (TPSA) is 105 Å². The third-order valence-electron chi connectivity index (χ3n) is 6.14. The van der Waals surface area contributed by atoms with Crippen molar-refractivity contribution < 1.29 is 28.7 Å². The predicted octanol–water partition coefficient (Wildman–Crippen LogP) is 3.10. The summed E-state index contributed by atoms with van der Waals surface area (Å²) >= 11 is 0. The Kier molecular flexibility index (Phi) is 7.77. The molecule has 4 rings (SSSR count). The van der Waals surface area contributed by atoms with Gasteiger partial charge in [0, 0.05) is 44.7 Å². The molecule has 0 bridgehead atoms. The normalized spacial score (nSPS) is 15.2. The molecular weight excluding hydrogens is 450 g/mol. The van der Waals surface area contributed by atoms with Crippen molar-refractivity contribution >= 4 is 35.1 Å². The zero-order valence-electron chi connectivity index (χ0n) is 19.7. The summed E-state index contributed by atoms with van der Waals surface area (Å²) < 4.78 is 10.1. The summed E-state index contributed by atoms with van der Waals surface area (Å²) in [7, 11) is 1.55.